The molecule has 0 radical (unpaired) electrons. The minimum atomic E-state index is -3.96. The highest BCUT2D eigenvalue weighted by Gasteiger charge is 2.42. The number of aliphatic carboxylic acids is 1. The molecule has 0 saturated carbocycles. The summed E-state index contributed by atoms with van der Waals surface area (Å²) in [5, 5.41) is 18.3. The smallest absolute Gasteiger partial charge is 0.303 e. The second-order valence-corrected chi connectivity index (χ2v) is 7.31. The molecule has 1 heterocycles. The summed E-state index contributed by atoms with van der Waals surface area (Å²) in [6.45, 7) is -0.184. The molecule has 0 aromatic heterocycles. The van der Waals surface area contributed by atoms with Gasteiger partial charge >= 0.3 is 5.97 Å². The first-order valence-electron chi connectivity index (χ1n) is 7.02. The highest BCUT2D eigenvalue weighted by molar-refractivity contribution is 7.89. The molecule has 0 spiro atoms. The van der Waals surface area contributed by atoms with Crippen LogP contribution in [0.5, 0.6) is 0 Å². The van der Waals surface area contributed by atoms with Crippen molar-refractivity contribution < 1.29 is 28.2 Å². The van der Waals surface area contributed by atoms with E-state index in [0.717, 1.165) is 4.31 Å². The van der Waals surface area contributed by atoms with Gasteiger partial charge in [-0.2, -0.15) is 4.31 Å². The quantitative estimate of drug-likeness (QED) is 0.626. The van der Waals surface area contributed by atoms with E-state index in [-0.39, 0.29) is 24.3 Å². The molecule has 1 aromatic carbocycles. The molecular weight excluding hydrogens is 324 g/mol. The van der Waals surface area contributed by atoms with E-state index in [1.807, 2.05) is 0 Å². The number of rotatable bonds is 6. The minimum Gasteiger partial charge on any atom is -0.481 e. The third kappa shape index (κ3) is 3.87. The van der Waals surface area contributed by atoms with Gasteiger partial charge in [0.2, 0.25) is 15.9 Å². The van der Waals surface area contributed by atoms with Crippen LogP contribution in [0.25, 0.3) is 0 Å². The van der Waals surface area contributed by atoms with Gasteiger partial charge in [0.05, 0.1) is 11.0 Å². The Kier molecular flexibility index (Phi) is 5.03. The number of aryl methyl sites for hydroxylation is 1. The average molecular weight is 342 g/mol. The van der Waals surface area contributed by atoms with E-state index in [4.69, 9.17) is 10.8 Å². The number of carboxylic acid groups (broad SMARTS) is 1. The van der Waals surface area contributed by atoms with E-state index in [1.165, 1.54) is 24.3 Å². The predicted octanol–water partition coefficient (Wildman–Crippen LogP) is -0.687. The molecule has 1 saturated heterocycles. The van der Waals surface area contributed by atoms with Crippen molar-refractivity contribution in [1.82, 2.24) is 4.31 Å². The largest absolute Gasteiger partial charge is 0.481 e. The lowest BCUT2D eigenvalue weighted by Gasteiger charge is -2.21. The van der Waals surface area contributed by atoms with Gasteiger partial charge in [-0.1, -0.05) is 12.1 Å². The zero-order chi connectivity index (χ0) is 17.2. The fourth-order valence-corrected chi connectivity index (χ4v) is 4.17. The number of benzene rings is 1. The summed E-state index contributed by atoms with van der Waals surface area (Å²) in [6.07, 6.45) is -0.710. The van der Waals surface area contributed by atoms with Crippen molar-refractivity contribution >= 4 is 21.9 Å². The fraction of sp³-hybridized carbons (Fsp3) is 0.429. The number of carbonyl (C=O) groups is 2. The average Bonchev–Trinajstić information content (AvgIpc) is 2.88. The third-order valence-electron chi connectivity index (χ3n) is 3.72. The Morgan fingerprint density at radius 2 is 1.87 bits per heavy atom. The number of nitrogens with zero attached hydrogens (tertiary/aromatic N) is 1. The number of primary amides is 1. The first kappa shape index (κ1) is 17.4. The Morgan fingerprint density at radius 3 is 2.39 bits per heavy atom. The van der Waals surface area contributed by atoms with Gasteiger partial charge in [0.1, 0.15) is 6.04 Å². The maximum atomic E-state index is 12.6. The van der Waals surface area contributed by atoms with Gasteiger partial charge in [-0.05, 0) is 24.1 Å². The number of sulfonamides is 1. The molecule has 1 amide bonds. The maximum Gasteiger partial charge on any atom is 0.303 e. The van der Waals surface area contributed by atoms with Crippen LogP contribution in [0.1, 0.15) is 18.4 Å². The van der Waals surface area contributed by atoms with Gasteiger partial charge in [0.25, 0.3) is 0 Å². The normalized spacial score (nSPS) is 22.1. The van der Waals surface area contributed by atoms with Crippen molar-refractivity contribution in [3.05, 3.63) is 29.8 Å². The lowest BCUT2D eigenvalue weighted by Crippen LogP contribution is -2.43. The Balaban J connectivity index is 2.22. The molecule has 126 valence electrons. The minimum absolute atomic E-state index is 0.0226. The molecule has 8 nitrogen and oxygen atoms in total. The number of aliphatic hydroxyl groups excluding tert-OH is 1. The Bertz CT molecular complexity index is 700. The highest BCUT2D eigenvalue weighted by Crippen LogP contribution is 2.26. The van der Waals surface area contributed by atoms with Crippen LogP contribution >= 0.6 is 0 Å². The van der Waals surface area contributed by atoms with E-state index >= 15 is 0 Å². The lowest BCUT2D eigenvalue weighted by molar-refractivity contribution is -0.137. The number of amides is 1. The first-order valence-corrected chi connectivity index (χ1v) is 8.46. The standard InChI is InChI=1S/C14H18N2O6S/c15-14(20)12-7-10(17)8-16(12)23(21,22)11-4-1-9(2-5-11)3-6-13(18)19/h1-2,4-5,10,12,17H,3,6-8H2,(H2,15,20)(H,18,19)/t10-,12-/m1/s1. The molecule has 4 N–H and O–H groups in total. The van der Waals surface area contributed by atoms with Gasteiger partial charge in [-0.25, -0.2) is 8.42 Å². The predicted molar refractivity (Wildman–Crippen MR) is 79.9 cm³/mol. The summed E-state index contributed by atoms with van der Waals surface area (Å²) >= 11 is 0. The molecule has 23 heavy (non-hydrogen) atoms. The number of hydrogen-bond donors (Lipinski definition) is 3. The van der Waals surface area contributed by atoms with Gasteiger partial charge < -0.3 is 15.9 Å². The van der Waals surface area contributed by atoms with Crippen molar-refractivity contribution in [2.24, 2.45) is 5.73 Å². The monoisotopic (exact) mass is 342 g/mol. The fourth-order valence-electron chi connectivity index (χ4n) is 2.52. The molecule has 2 rings (SSSR count). The van der Waals surface area contributed by atoms with Crippen molar-refractivity contribution in [3.63, 3.8) is 0 Å². The van der Waals surface area contributed by atoms with Crippen LogP contribution in [0.2, 0.25) is 0 Å². The van der Waals surface area contributed by atoms with Crippen molar-refractivity contribution in [2.75, 3.05) is 6.54 Å². The Hall–Kier alpha value is -1.97. The molecule has 0 aliphatic carbocycles. The second kappa shape index (κ2) is 6.65. The summed E-state index contributed by atoms with van der Waals surface area (Å²) in [4.78, 5) is 21.9. The number of aliphatic hydroxyl groups is 1. The van der Waals surface area contributed by atoms with Crippen LogP contribution in [0, 0.1) is 0 Å². The topological polar surface area (TPSA) is 138 Å². The summed E-state index contributed by atoms with van der Waals surface area (Å²) in [7, 11) is -3.96. The highest BCUT2D eigenvalue weighted by atomic mass is 32.2. The van der Waals surface area contributed by atoms with E-state index < -0.39 is 34.0 Å². The lowest BCUT2D eigenvalue weighted by atomic mass is 10.1. The van der Waals surface area contributed by atoms with Gasteiger partial charge in [0.15, 0.2) is 0 Å². The molecule has 1 aliphatic heterocycles. The molecule has 0 unspecified atom stereocenters. The summed E-state index contributed by atoms with van der Waals surface area (Å²) < 4.78 is 26.1. The number of nitrogens with two attached hydrogens (primary N) is 1. The van der Waals surface area contributed by atoms with Crippen molar-refractivity contribution in [3.8, 4) is 0 Å². The van der Waals surface area contributed by atoms with Gasteiger partial charge in [0, 0.05) is 19.4 Å². The molecule has 0 bridgehead atoms. The summed E-state index contributed by atoms with van der Waals surface area (Å²) in [6, 6.07) is 4.70. The SMILES string of the molecule is NC(=O)[C@H]1C[C@@H](O)CN1S(=O)(=O)c1ccc(CCC(=O)O)cc1. The molecular formula is C14H18N2O6S. The van der Waals surface area contributed by atoms with E-state index in [1.54, 1.807) is 0 Å². The van der Waals surface area contributed by atoms with Gasteiger partial charge in [-0.3, -0.25) is 9.59 Å². The molecule has 2 atom stereocenters. The number of hydrogen-bond acceptors (Lipinski definition) is 5. The number of β-amino-alcohol motifs (C(OH)–C–C–N with tert-alkyl or cyclic N) is 1. The first-order chi connectivity index (χ1) is 10.7. The van der Waals surface area contributed by atoms with E-state index in [0.29, 0.717) is 12.0 Å². The number of carbonyl (C=O) groups excluding carboxylic acids is 1. The van der Waals surface area contributed by atoms with Crippen molar-refractivity contribution in [2.45, 2.75) is 36.3 Å². The Labute approximate surface area is 133 Å². The van der Waals surface area contributed by atoms with Crippen LogP contribution in [0.3, 0.4) is 0 Å². The molecule has 9 heteroatoms. The van der Waals surface area contributed by atoms with Crippen LogP contribution in [-0.4, -0.2) is 53.5 Å². The van der Waals surface area contributed by atoms with E-state index in [9.17, 15) is 23.1 Å². The van der Waals surface area contributed by atoms with Crippen LogP contribution in [0.15, 0.2) is 29.2 Å². The van der Waals surface area contributed by atoms with Gasteiger partial charge in [-0.15, -0.1) is 0 Å². The maximum absolute atomic E-state index is 12.6. The molecule has 1 aromatic rings. The summed E-state index contributed by atoms with van der Waals surface area (Å²) in [5.41, 5.74) is 5.90. The summed E-state index contributed by atoms with van der Waals surface area (Å²) in [5.74, 6) is -1.74. The molecule has 1 fully saturated rings. The molecule has 1 aliphatic rings. The van der Waals surface area contributed by atoms with Crippen LogP contribution in [0.4, 0.5) is 0 Å². The Morgan fingerprint density at radius 1 is 1.26 bits per heavy atom. The third-order valence-corrected chi connectivity index (χ3v) is 5.61. The number of carboxylic acids is 1. The van der Waals surface area contributed by atoms with Crippen molar-refractivity contribution in [1.29, 1.82) is 0 Å². The zero-order valence-electron chi connectivity index (χ0n) is 12.3. The second-order valence-electron chi connectivity index (χ2n) is 5.42. The van der Waals surface area contributed by atoms with Crippen LogP contribution < -0.4 is 5.73 Å². The van der Waals surface area contributed by atoms with E-state index in [2.05, 4.69) is 0 Å². The van der Waals surface area contributed by atoms with Crippen LogP contribution in [-0.2, 0) is 26.0 Å². The zero-order valence-corrected chi connectivity index (χ0v) is 13.1.